The molecule has 0 fully saturated rings. The van der Waals surface area contributed by atoms with Crippen LogP contribution in [-0.2, 0) is 32.6 Å². The Morgan fingerprint density at radius 3 is 2.00 bits per heavy atom. The molecule has 0 bridgehead atoms. The highest BCUT2D eigenvalue weighted by Crippen LogP contribution is 2.27. The first-order valence-electron chi connectivity index (χ1n) is 14.5. The quantitative estimate of drug-likeness (QED) is 0.190. The molecular weight excluding hydrogens is 638 g/mol. The van der Waals surface area contributed by atoms with E-state index in [0.29, 0.717) is 12.2 Å². The molecule has 4 aromatic carbocycles. The van der Waals surface area contributed by atoms with Crippen molar-refractivity contribution in [2.45, 2.75) is 51.6 Å². The van der Waals surface area contributed by atoms with E-state index in [1.165, 1.54) is 4.90 Å². The third-order valence-corrected chi connectivity index (χ3v) is 9.59. The zero-order chi connectivity index (χ0) is 31.9. The van der Waals surface area contributed by atoms with Crippen LogP contribution < -0.4 is 9.62 Å². The number of carbonyl (C=O) groups excluding carboxylic acids is 2. The van der Waals surface area contributed by atoms with Crippen LogP contribution in [0.2, 0.25) is 0 Å². The Hall–Kier alpha value is -3.95. The molecule has 4 rings (SSSR count). The Balaban J connectivity index is 1.81. The van der Waals surface area contributed by atoms with Gasteiger partial charge in [0.15, 0.2) is 0 Å². The summed E-state index contributed by atoms with van der Waals surface area (Å²) < 4.78 is 30.4. The molecule has 1 unspecified atom stereocenters. The number of carbonyl (C=O) groups is 2. The van der Waals surface area contributed by atoms with Gasteiger partial charge in [-0.05, 0) is 86.3 Å². The van der Waals surface area contributed by atoms with Gasteiger partial charge in [-0.2, -0.15) is 0 Å². The number of nitrogens with zero attached hydrogens (tertiary/aromatic N) is 2. The van der Waals surface area contributed by atoms with Crippen molar-refractivity contribution in [1.82, 2.24) is 10.2 Å². The molecule has 44 heavy (non-hydrogen) atoms. The summed E-state index contributed by atoms with van der Waals surface area (Å²) in [4.78, 5) is 29.6. The van der Waals surface area contributed by atoms with Crippen molar-refractivity contribution < 1.29 is 18.0 Å². The van der Waals surface area contributed by atoms with Crippen LogP contribution in [0.15, 0.2) is 106 Å². The lowest BCUT2D eigenvalue weighted by molar-refractivity contribution is -0.140. The highest BCUT2D eigenvalue weighted by Gasteiger charge is 2.34. The van der Waals surface area contributed by atoms with Gasteiger partial charge in [-0.3, -0.25) is 13.9 Å². The number of sulfonamides is 1. The maximum Gasteiger partial charge on any atom is 0.264 e. The van der Waals surface area contributed by atoms with Gasteiger partial charge in [-0.15, -0.1) is 0 Å². The number of aryl methyl sites for hydroxylation is 3. The summed E-state index contributed by atoms with van der Waals surface area (Å²) >= 11 is 3.46. The molecule has 7 nitrogen and oxygen atoms in total. The monoisotopic (exact) mass is 675 g/mol. The minimum Gasteiger partial charge on any atom is -0.355 e. The molecule has 0 aliphatic carbocycles. The third kappa shape index (κ3) is 8.36. The molecule has 0 saturated heterocycles. The van der Waals surface area contributed by atoms with Crippen molar-refractivity contribution in [1.29, 1.82) is 0 Å². The van der Waals surface area contributed by atoms with Gasteiger partial charge in [-0.1, -0.05) is 82.2 Å². The summed E-state index contributed by atoms with van der Waals surface area (Å²) in [6.45, 7) is 7.51. The number of benzene rings is 4. The van der Waals surface area contributed by atoms with Crippen molar-refractivity contribution in [3.63, 3.8) is 0 Å². The minimum absolute atomic E-state index is 0.0825. The van der Waals surface area contributed by atoms with E-state index in [9.17, 15) is 18.0 Å². The highest BCUT2D eigenvalue weighted by atomic mass is 79.9. The first kappa shape index (κ1) is 33.0. The zero-order valence-corrected chi connectivity index (χ0v) is 27.9. The molecule has 0 aromatic heterocycles. The van der Waals surface area contributed by atoms with E-state index in [4.69, 9.17) is 0 Å². The topological polar surface area (TPSA) is 86.8 Å². The normalized spacial score (nSPS) is 11.9. The van der Waals surface area contributed by atoms with E-state index in [2.05, 4.69) is 21.2 Å². The Bertz CT molecular complexity index is 1670. The number of hydrogen-bond acceptors (Lipinski definition) is 4. The van der Waals surface area contributed by atoms with Gasteiger partial charge in [-0.25, -0.2) is 8.42 Å². The van der Waals surface area contributed by atoms with Crippen LogP contribution in [0.1, 0.15) is 34.7 Å². The fourth-order valence-electron chi connectivity index (χ4n) is 5.09. The number of halogens is 1. The van der Waals surface area contributed by atoms with Crippen LogP contribution in [0.5, 0.6) is 0 Å². The Kier molecular flexibility index (Phi) is 11.0. The first-order chi connectivity index (χ1) is 21.0. The summed E-state index contributed by atoms with van der Waals surface area (Å²) in [6, 6.07) is 28.2. The molecule has 9 heteroatoms. The lowest BCUT2D eigenvalue weighted by Crippen LogP contribution is -2.53. The second-order valence-electron chi connectivity index (χ2n) is 10.9. The fourth-order valence-corrected chi connectivity index (χ4v) is 6.76. The average Bonchev–Trinajstić information content (AvgIpc) is 2.98. The summed E-state index contributed by atoms with van der Waals surface area (Å²) in [5.41, 5.74) is 4.74. The van der Waals surface area contributed by atoms with Crippen LogP contribution in [0, 0.1) is 20.8 Å². The van der Waals surface area contributed by atoms with Gasteiger partial charge in [0.05, 0.1) is 10.6 Å². The summed E-state index contributed by atoms with van der Waals surface area (Å²) in [5.74, 6) is -0.795. The molecule has 0 aliphatic heterocycles. The van der Waals surface area contributed by atoms with Crippen molar-refractivity contribution in [2.24, 2.45) is 0 Å². The van der Waals surface area contributed by atoms with Crippen LogP contribution in [0.3, 0.4) is 0 Å². The van der Waals surface area contributed by atoms with Gasteiger partial charge in [0.1, 0.15) is 12.6 Å². The molecule has 2 amide bonds. The van der Waals surface area contributed by atoms with E-state index < -0.39 is 28.5 Å². The molecular formula is C35H38BrN3O4S. The van der Waals surface area contributed by atoms with Gasteiger partial charge in [0.25, 0.3) is 10.0 Å². The second-order valence-corrected chi connectivity index (χ2v) is 13.7. The van der Waals surface area contributed by atoms with E-state index in [1.807, 2.05) is 88.4 Å². The highest BCUT2D eigenvalue weighted by molar-refractivity contribution is 9.10. The van der Waals surface area contributed by atoms with Gasteiger partial charge >= 0.3 is 0 Å². The summed E-state index contributed by atoms with van der Waals surface area (Å²) in [7, 11) is -4.15. The van der Waals surface area contributed by atoms with Crippen LogP contribution in [0.25, 0.3) is 0 Å². The predicted molar refractivity (Wildman–Crippen MR) is 179 cm³/mol. The summed E-state index contributed by atoms with van der Waals surface area (Å²) in [6.07, 6.45) is 0.267. The number of rotatable bonds is 12. The minimum atomic E-state index is -4.15. The Labute approximate surface area is 269 Å². The van der Waals surface area contributed by atoms with Crippen LogP contribution in [-0.4, -0.2) is 44.3 Å². The van der Waals surface area contributed by atoms with Gasteiger partial charge in [0, 0.05) is 24.0 Å². The van der Waals surface area contributed by atoms with Crippen molar-refractivity contribution in [3.05, 3.63) is 129 Å². The molecule has 4 aromatic rings. The standard InChI is InChI=1S/C35H38BrN3O4S/c1-5-37-35(41)33(22-28-9-7-6-8-10-28)38(23-29-13-15-30(36)16-14-29)34(40)24-39(31-20-26(3)19-27(4)21-31)44(42,43)32-17-11-25(2)12-18-32/h6-21,33H,5,22-24H2,1-4H3,(H,37,41). The van der Waals surface area contributed by atoms with Crippen molar-refractivity contribution >= 4 is 43.5 Å². The lowest BCUT2D eigenvalue weighted by atomic mass is 10.0. The molecule has 230 valence electrons. The van der Waals surface area contributed by atoms with Gasteiger partial charge < -0.3 is 10.2 Å². The predicted octanol–water partition coefficient (Wildman–Crippen LogP) is 6.35. The zero-order valence-electron chi connectivity index (χ0n) is 25.5. The molecule has 0 radical (unpaired) electrons. The van der Waals surface area contributed by atoms with Crippen molar-refractivity contribution in [3.8, 4) is 0 Å². The fraction of sp³-hybridized carbons (Fsp3) is 0.257. The number of amides is 2. The molecule has 0 aliphatic rings. The van der Waals surface area contributed by atoms with Crippen LogP contribution in [0.4, 0.5) is 5.69 Å². The van der Waals surface area contributed by atoms with E-state index in [1.54, 1.807) is 36.4 Å². The number of hydrogen-bond donors (Lipinski definition) is 1. The first-order valence-corrected chi connectivity index (χ1v) is 16.7. The molecule has 0 saturated carbocycles. The second kappa shape index (κ2) is 14.7. The number of anilines is 1. The smallest absolute Gasteiger partial charge is 0.264 e. The van der Waals surface area contributed by atoms with E-state index in [-0.39, 0.29) is 23.8 Å². The largest absolute Gasteiger partial charge is 0.355 e. The Morgan fingerprint density at radius 1 is 0.795 bits per heavy atom. The Morgan fingerprint density at radius 2 is 1.41 bits per heavy atom. The van der Waals surface area contributed by atoms with E-state index >= 15 is 0 Å². The summed E-state index contributed by atoms with van der Waals surface area (Å²) in [5, 5.41) is 2.89. The molecule has 0 heterocycles. The molecule has 0 spiro atoms. The average molecular weight is 677 g/mol. The van der Waals surface area contributed by atoms with Gasteiger partial charge in [0.2, 0.25) is 11.8 Å². The van der Waals surface area contributed by atoms with E-state index in [0.717, 1.165) is 36.6 Å². The SMILES string of the molecule is CCNC(=O)C(Cc1ccccc1)N(Cc1ccc(Br)cc1)C(=O)CN(c1cc(C)cc(C)c1)S(=O)(=O)c1ccc(C)cc1. The lowest BCUT2D eigenvalue weighted by Gasteiger charge is -2.34. The number of likely N-dealkylation sites (N-methyl/N-ethyl adjacent to an activating group) is 1. The third-order valence-electron chi connectivity index (χ3n) is 7.27. The van der Waals surface area contributed by atoms with Crippen molar-refractivity contribution in [2.75, 3.05) is 17.4 Å². The molecule has 1 atom stereocenters. The maximum atomic E-state index is 14.5. The maximum absolute atomic E-state index is 14.5. The number of nitrogens with one attached hydrogen (secondary N) is 1. The molecule has 1 N–H and O–H groups in total. The van der Waals surface area contributed by atoms with Crippen LogP contribution >= 0.6 is 15.9 Å².